The van der Waals surface area contributed by atoms with Crippen LogP contribution in [0.3, 0.4) is 0 Å². The van der Waals surface area contributed by atoms with Crippen LogP contribution in [0.15, 0.2) is 36.4 Å². The Balaban J connectivity index is 2.69. The van der Waals surface area contributed by atoms with Gasteiger partial charge < -0.3 is 4.74 Å². The van der Waals surface area contributed by atoms with Crippen LogP contribution in [0.1, 0.15) is 12.5 Å². The number of aryl methyl sites for hydroxylation is 1. The van der Waals surface area contributed by atoms with Crippen molar-refractivity contribution in [2.24, 2.45) is 0 Å². The lowest BCUT2D eigenvalue weighted by atomic mass is 10.2. The molecule has 0 aliphatic heterocycles. The molecule has 0 radical (unpaired) electrons. The van der Waals surface area contributed by atoms with Crippen LogP contribution in [-0.2, 0) is 0 Å². The number of alkyl halides is 1. The first kappa shape index (κ1) is 9.78. The quantitative estimate of drug-likeness (QED) is 0.649. The molecule has 70 valence electrons. The van der Waals surface area contributed by atoms with Crippen molar-refractivity contribution < 1.29 is 9.13 Å². The summed E-state index contributed by atoms with van der Waals surface area (Å²) in [4.78, 5) is 0. The predicted molar refractivity (Wildman–Crippen MR) is 51.5 cm³/mol. The molecule has 0 bridgehead atoms. The Morgan fingerprint density at radius 3 is 2.77 bits per heavy atom. The van der Waals surface area contributed by atoms with E-state index in [0.29, 0.717) is 11.3 Å². The Kier molecular flexibility index (Phi) is 3.07. The first-order valence-corrected chi connectivity index (χ1v) is 4.12. The van der Waals surface area contributed by atoms with E-state index in [1.807, 2.05) is 19.1 Å². The Labute approximate surface area is 77.8 Å². The van der Waals surface area contributed by atoms with Gasteiger partial charge in [-0.1, -0.05) is 18.7 Å². The summed E-state index contributed by atoms with van der Waals surface area (Å²) < 4.78 is 18.0. The molecule has 13 heavy (non-hydrogen) atoms. The van der Waals surface area contributed by atoms with Gasteiger partial charge in [0.25, 0.3) is 6.36 Å². The Hall–Kier alpha value is -1.31. The van der Waals surface area contributed by atoms with E-state index in [0.717, 1.165) is 5.56 Å². The molecule has 0 saturated heterocycles. The van der Waals surface area contributed by atoms with Gasteiger partial charge in [-0.2, -0.15) is 4.39 Å². The molecule has 0 aromatic heterocycles. The van der Waals surface area contributed by atoms with E-state index < -0.39 is 6.36 Å². The summed E-state index contributed by atoms with van der Waals surface area (Å²) in [5.41, 5.74) is 1.42. The number of halogens is 1. The number of hydrogen-bond acceptors (Lipinski definition) is 1. The van der Waals surface area contributed by atoms with Crippen molar-refractivity contribution in [3.05, 3.63) is 42.0 Å². The summed E-state index contributed by atoms with van der Waals surface area (Å²) in [6.07, 6.45) is -1.42. The number of ether oxygens (including phenoxy) is 1. The van der Waals surface area contributed by atoms with Crippen molar-refractivity contribution in [3.63, 3.8) is 0 Å². The van der Waals surface area contributed by atoms with E-state index in [9.17, 15) is 4.39 Å². The Bertz CT molecular complexity index is 307. The lowest BCUT2D eigenvalue weighted by molar-refractivity contribution is 0.102. The SMILES string of the molecule is C=C(C)C(F)Oc1cccc(C)c1. The zero-order chi connectivity index (χ0) is 9.84. The molecule has 0 amide bonds. The maximum atomic E-state index is 13.0. The maximum Gasteiger partial charge on any atom is 0.259 e. The topological polar surface area (TPSA) is 9.23 Å². The highest BCUT2D eigenvalue weighted by Gasteiger charge is 2.07. The molecule has 1 atom stereocenters. The predicted octanol–water partition coefficient (Wildman–Crippen LogP) is 3.25. The second kappa shape index (κ2) is 4.08. The monoisotopic (exact) mass is 180 g/mol. The summed E-state index contributed by atoms with van der Waals surface area (Å²) >= 11 is 0. The van der Waals surface area contributed by atoms with Crippen LogP contribution in [0.2, 0.25) is 0 Å². The van der Waals surface area contributed by atoms with E-state index in [2.05, 4.69) is 6.58 Å². The van der Waals surface area contributed by atoms with Gasteiger partial charge in [0.1, 0.15) is 5.75 Å². The lowest BCUT2D eigenvalue weighted by Crippen LogP contribution is -2.10. The summed E-state index contributed by atoms with van der Waals surface area (Å²) in [5.74, 6) is 0.538. The minimum absolute atomic E-state index is 0.376. The third kappa shape index (κ3) is 2.90. The van der Waals surface area contributed by atoms with Gasteiger partial charge in [0.05, 0.1) is 0 Å². The van der Waals surface area contributed by atoms with Gasteiger partial charge in [-0.15, -0.1) is 0 Å². The van der Waals surface area contributed by atoms with Crippen LogP contribution in [0.25, 0.3) is 0 Å². The molecule has 1 nitrogen and oxygen atoms in total. The van der Waals surface area contributed by atoms with E-state index in [-0.39, 0.29) is 0 Å². The molecule has 2 heteroatoms. The van der Waals surface area contributed by atoms with E-state index >= 15 is 0 Å². The zero-order valence-electron chi connectivity index (χ0n) is 7.88. The number of rotatable bonds is 3. The van der Waals surface area contributed by atoms with Crippen LogP contribution < -0.4 is 4.74 Å². The zero-order valence-corrected chi connectivity index (χ0v) is 7.88. The molecule has 1 rings (SSSR count). The fourth-order valence-corrected chi connectivity index (χ4v) is 0.909. The molecule has 0 aliphatic rings. The largest absolute Gasteiger partial charge is 0.457 e. The van der Waals surface area contributed by atoms with Crippen LogP contribution in [0, 0.1) is 6.92 Å². The third-order valence-electron chi connectivity index (χ3n) is 1.62. The van der Waals surface area contributed by atoms with Gasteiger partial charge in [0.2, 0.25) is 0 Å². The van der Waals surface area contributed by atoms with Crippen LogP contribution >= 0.6 is 0 Å². The summed E-state index contributed by atoms with van der Waals surface area (Å²) in [6, 6.07) is 7.27. The number of benzene rings is 1. The van der Waals surface area contributed by atoms with Crippen LogP contribution in [-0.4, -0.2) is 6.36 Å². The molecule has 0 spiro atoms. The van der Waals surface area contributed by atoms with Crippen molar-refractivity contribution in [2.45, 2.75) is 20.2 Å². The molecule has 0 saturated carbocycles. The van der Waals surface area contributed by atoms with Crippen LogP contribution in [0.5, 0.6) is 5.75 Å². The van der Waals surface area contributed by atoms with Gasteiger partial charge in [0.15, 0.2) is 0 Å². The average molecular weight is 180 g/mol. The molecule has 0 fully saturated rings. The Morgan fingerprint density at radius 2 is 2.23 bits per heavy atom. The lowest BCUT2D eigenvalue weighted by Gasteiger charge is -2.10. The summed E-state index contributed by atoms with van der Waals surface area (Å²) in [7, 11) is 0. The summed E-state index contributed by atoms with van der Waals surface area (Å²) in [6.45, 7) is 7.00. The minimum Gasteiger partial charge on any atom is -0.457 e. The molecule has 1 aromatic rings. The minimum atomic E-state index is -1.42. The maximum absolute atomic E-state index is 13.0. The molecule has 0 N–H and O–H groups in total. The van der Waals surface area contributed by atoms with Gasteiger partial charge in [-0.05, 0) is 37.1 Å². The smallest absolute Gasteiger partial charge is 0.259 e. The number of hydrogen-bond donors (Lipinski definition) is 0. The standard InChI is InChI=1S/C11H13FO/c1-8(2)11(12)13-10-6-4-5-9(3)7-10/h4-7,11H,1H2,2-3H3. The normalized spacial score (nSPS) is 12.2. The highest BCUT2D eigenvalue weighted by atomic mass is 19.1. The van der Waals surface area contributed by atoms with Gasteiger partial charge in [-0.25, -0.2) is 0 Å². The van der Waals surface area contributed by atoms with Gasteiger partial charge in [0, 0.05) is 0 Å². The summed E-state index contributed by atoms with van der Waals surface area (Å²) in [5, 5.41) is 0. The van der Waals surface area contributed by atoms with Gasteiger partial charge in [-0.3, -0.25) is 0 Å². The van der Waals surface area contributed by atoms with Crippen molar-refractivity contribution >= 4 is 0 Å². The molecule has 1 aromatic carbocycles. The van der Waals surface area contributed by atoms with Crippen molar-refractivity contribution in [1.29, 1.82) is 0 Å². The van der Waals surface area contributed by atoms with E-state index in [4.69, 9.17) is 4.74 Å². The fourth-order valence-electron chi connectivity index (χ4n) is 0.909. The molecule has 0 aliphatic carbocycles. The fraction of sp³-hybridized carbons (Fsp3) is 0.273. The van der Waals surface area contributed by atoms with Crippen LogP contribution in [0.4, 0.5) is 4.39 Å². The molecular weight excluding hydrogens is 167 g/mol. The second-order valence-corrected chi connectivity index (χ2v) is 3.10. The van der Waals surface area contributed by atoms with Crippen molar-refractivity contribution in [1.82, 2.24) is 0 Å². The van der Waals surface area contributed by atoms with Crippen molar-refractivity contribution in [3.8, 4) is 5.75 Å². The third-order valence-corrected chi connectivity index (χ3v) is 1.62. The van der Waals surface area contributed by atoms with Crippen molar-refractivity contribution in [2.75, 3.05) is 0 Å². The molecular formula is C11H13FO. The average Bonchev–Trinajstić information content (AvgIpc) is 2.04. The molecule has 1 unspecified atom stereocenters. The second-order valence-electron chi connectivity index (χ2n) is 3.10. The highest BCUT2D eigenvalue weighted by molar-refractivity contribution is 5.27. The molecule has 0 heterocycles. The Morgan fingerprint density at radius 1 is 1.54 bits per heavy atom. The first-order chi connectivity index (χ1) is 6.09. The van der Waals surface area contributed by atoms with E-state index in [1.165, 1.54) is 0 Å². The highest BCUT2D eigenvalue weighted by Crippen LogP contribution is 2.16. The first-order valence-electron chi connectivity index (χ1n) is 4.12. The van der Waals surface area contributed by atoms with E-state index in [1.54, 1.807) is 19.1 Å². The van der Waals surface area contributed by atoms with Gasteiger partial charge >= 0.3 is 0 Å².